The van der Waals surface area contributed by atoms with Crippen molar-refractivity contribution in [2.24, 2.45) is 0 Å². The number of aryl methyl sites for hydroxylation is 1. The topological polar surface area (TPSA) is 153 Å². The number of ether oxygens (including phenoxy) is 2. The molecule has 0 amide bonds. The Morgan fingerprint density at radius 1 is 1.30 bits per heavy atom. The van der Waals surface area contributed by atoms with E-state index in [0.29, 0.717) is 11.3 Å². The van der Waals surface area contributed by atoms with Crippen molar-refractivity contribution in [1.82, 2.24) is 4.98 Å². The lowest BCUT2D eigenvalue weighted by Gasteiger charge is -2.30. The summed E-state index contributed by atoms with van der Waals surface area (Å²) >= 11 is 0. The normalized spacial score (nSPS) is 30.8. The fourth-order valence-corrected chi connectivity index (χ4v) is 2.49. The van der Waals surface area contributed by atoms with Crippen LogP contribution in [0.5, 0.6) is 5.75 Å². The minimum absolute atomic E-state index is 0.173. The Balaban J connectivity index is 2.21. The summed E-state index contributed by atoms with van der Waals surface area (Å²) in [5.74, 6) is -2.09. The second-order valence-corrected chi connectivity index (χ2v) is 5.39. The van der Waals surface area contributed by atoms with E-state index in [-0.39, 0.29) is 17.9 Å². The number of aliphatic hydroxyl groups excluding tert-OH is 5. The third kappa shape index (κ3) is 3.17. The molecule has 1 aliphatic rings. The molecule has 1 fully saturated rings. The Bertz CT molecular complexity index is 554. The van der Waals surface area contributed by atoms with E-state index in [1.54, 1.807) is 6.92 Å². The van der Waals surface area contributed by atoms with Gasteiger partial charge in [-0.2, -0.15) is 0 Å². The van der Waals surface area contributed by atoms with Crippen LogP contribution in [0, 0.1) is 6.92 Å². The SMILES string of the molecule is Cc1ncc(CO[C@]2(CO)O[C@H](CO)[C@@H](O)[C@@H]2O)c(CO)c1O. The Hall–Kier alpha value is -1.33. The number of pyridine rings is 1. The van der Waals surface area contributed by atoms with Crippen molar-refractivity contribution >= 4 is 0 Å². The summed E-state index contributed by atoms with van der Waals surface area (Å²) in [5, 5.41) is 57.7. The smallest absolute Gasteiger partial charge is 0.221 e. The largest absolute Gasteiger partial charge is 0.506 e. The highest BCUT2D eigenvalue weighted by atomic mass is 16.7. The minimum atomic E-state index is -1.92. The first-order valence-electron chi connectivity index (χ1n) is 7.07. The summed E-state index contributed by atoms with van der Waals surface area (Å²) in [7, 11) is 0. The molecule has 9 nitrogen and oxygen atoms in total. The van der Waals surface area contributed by atoms with Crippen LogP contribution in [-0.2, 0) is 22.7 Å². The summed E-state index contributed by atoms with van der Waals surface area (Å²) in [4.78, 5) is 3.95. The van der Waals surface area contributed by atoms with Gasteiger partial charge in [0.1, 0.15) is 30.7 Å². The van der Waals surface area contributed by atoms with Gasteiger partial charge in [0, 0.05) is 17.3 Å². The van der Waals surface area contributed by atoms with Gasteiger partial charge in [0.15, 0.2) is 0 Å². The van der Waals surface area contributed by atoms with E-state index in [9.17, 15) is 25.5 Å². The van der Waals surface area contributed by atoms with Crippen molar-refractivity contribution in [3.63, 3.8) is 0 Å². The molecule has 2 heterocycles. The monoisotopic (exact) mass is 331 g/mol. The van der Waals surface area contributed by atoms with Gasteiger partial charge in [-0.3, -0.25) is 4.98 Å². The van der Waals surface area contributed by atoms with Crippen molar-refractivity contribution in [2.75, 3.05) is 13.2 Å². The molecule has 1 aliphatic heterocycles. The molecule has 130 valence electrons. The first-order valence-corrected chi connectivity index (χ1v) is 7.07. The standard InChI is InChI=1S/C14H21NO8/c1-7-11(19)9(3-16)8(2-15-7)5-22-14(6-18)13(21)12(20)10(4-17)23-14/h2,10,12-13,16-21H,3-6H2,1H3/t10-,12-,13+,14-/m1/s1. The molecule has 1 saturated heterocycles. The highest BCUT2D eigenvalue weighted by Crippen LogP contribution is 2.34. The molecule has 0 aromatic carbocycles. The number of nitrogens with zero attached hydrogens (tertiary/aromatic N) is 1. The maximum absolute atomic E-state index is 10.0. The lowest BCUT2D eigenvalue weighted by atomic mass is 10.1. The first kappa shape index (κ1) is 18.0. The number of aromatic hydroxyl groups is 1. The Labute approximate surface area is 132 Å². The molecule has 0 saturated carbocycles. The van der Waals surface area contributed by atoms with Gasteiger partial charge in [-0.1, -0.05) is 0 Å². The molecular formula is C14H21NO8. The molecule has 1 aromatic rings. The molecule has 23 heavy (non-hydrogen) atoms. The van der Waals surface area contributed by atoms with E-state index in [0.717, 1.165) is 0 Å². The Kier molecular flexibility index (Phi) is 5.53. The van der Waals surface area contributed by atoms with Gasteiger partial charge >= 0.3 is 0 Å². The summed E-state index contributed by atoms with van der Waals surface area (Å²) in [6, 6.07) is 0. The fourth-order valence-electron chi connectivity index (χ4n) is 2.49. The zero-order valence-corrected chi connectivity index (χ0v) is 12.6. The highest BCUT2D eigenvalue weighted by molar-refractivity contribution is 5.40. The van der Waals surface area contributed by atoms with E-state index in [2.05, 4.69) is 4.98 Å². The molecule has 2 rings (SSSR count). The predicted octanol–water partition coefficient (Wildman–Crippen LogP) is -2.09. The number of aliphatic hydroxyl groups is 5. The average molecular weight is 331 g/mol. The molecule has 0 unspecified atom stereocenters. The lowest BCUT2D eigenvalue weighted by molar-refractivity contribution is -0.281. The molecule has 0 aliphatic carbocycles. The van der Waals surface area contributed by atoms with Crippen LogP contribution in [0.3, 0.4) is 0 Å². The first-order chi connectivity index (χ1) is 10.9. The number of hydrogen-bond donors (Lipinski definition) is 6. The molecule has 0 spiro atoms. The zero-order valence-electron chi connectivity index (χ0n) is 12.6. The van der Waals surface area contributed by atoms with Crippen LogP contribution >= 0.6 is 0 Å². The van der Waals surface area contributed by atoms with E-state index >= 15 is 0 Å². The summed E-state index contributed by atoms with van der Waals surface area (Å²) in [6.45, 7) is -0.454. The molecular weight excluding hydrogens is 310 g/mol. The minimum Gasteiger partial charge on any atom is -0.506 e. The van der Waals surface area contributed by atoms with E-state index in [4.69, 9.17) is 14.6 Å². The second kappa shape index (κ2) is 7.05. The van der Waals surface area contributed by atoms with E-state index in [1.165, 1.54) is 6.20 Å². The van der Waals surface area contributed by atoms with Gasteiger partial charge in [0.05, 0.1) is 25.5 Å². The van der Waals surface area contributed by atoms with Crippen LogP contribution in [0.4, 0.5) is 0 Å². The van der Waals surface area contributed by atoms with Gasteiger partial charge in [0.25, 0.3) is 0 Å². The van der Waals surface area contributed by atoms with Crippen LogP contribution in [0.1, 0.15) is 16.8 Å². The molecule has 1 aromatic heterocycles. The van der Waals surface area contributed by atoms with Crippen molar-refractivity contribution in [2.45, 2.75) is 44.2 Å². The van der Waals surface area contributed by atoms with Gasteiger partial charge in [-0.15, -0.1) is 0 Å². The van der Waals surface area contributed by atoms with Crippen LogP contribution in [0.15, 0.2) is 6.20 Å². The quantitative estimate of drug-likeness (QED) is 0.344. The number of rotatable bonds is 6. The molecule has 4 atom stereocenters. The van der Waals surface area contributed by atoms with Crippen molar-refractivity contribution < 1.29 is 40.1 Å². The average Bonchev–Trinajstić information content (AvgIpc) is 2.81. The summed E-state index contributed by atoms with van der Waals surface area (Å²) in [5.41, 5.74) is 0.876. The Morgan fingerprint density at radius 3 is 2.52 bits per heavy atom. The maximum atomic E-state index is 10.0. The molecule has 6 N–H and O–H groups in total. The second-order valence-electron chi connectivity index (χ2n) is 5.39. The third-order valence-corrected chi connectivity index (χ3v) is 3.97. The molecule has 0 radical (unpaired) electrons. The lowest BCUT2D eigenvalue weighted by Crippen LogP contribution is -2.48. The van der Waals surface area contributed by atoms with Gasteiger partial charge < -0.3 is 40.1 Å². The van der Waals surface area contributed by atoms with E-state index in [1.807, 2.05) is 0 Å². The van der Waals surface area contributed by atoms with Crippen molar-refractivity contribution in [1.29, 1.82) is 0 Å². The molecule has 9 heteroatoms. The van der Waals surface area contributed by atoms with Gasteiger partial charge in [-0.05, 0) is 6.92 Å². The van der Waals surface area contributed by atoms with Crippen LogP contribution < -0.4 is 0 Å². The predicted molar refractivity (Wildman–Crippen MR) is 75.1 cm³/mol. The summed E-state index contributed by atoms with van der Waals surface area (Å²) < 4.78 is 10.7. The maximum Gasteiger partial charge on any atom is 0.221 e. The zero-order chi connectivity index (χ0) is 17.2. The molecule has 0 bridgehead atoms. The number of aromatic nitrogens is 1. The number of hydrogen-bond acceptors (Lipinski definition) is 9. The van der Waals surface area contributed by atoms with Crippen molar-refractivity contribution in [3.05, 3.63) is 23.0 Å². The van der Waals surface area contributed by atoms with Crippen LogP contribution in [0.2, 0.25) is 0 Å². The van der Waals surface area contributed by atoms with Crippen LogP contribution in [0.25, 0.3) is 0 Å². The van der Waals surface area contributed by atoms with Crippen molar-refractivity contribution in [3.8, 4) is 5.75 Å². The summed E-state index contributed by atoms with van der Waals surface area (Å²) in [6.07, 6.45) is -2.71. The Morgan fingerprint density at radius 2 is 2.00 bits per heavy atom. The van der Waals surface area contributed by atoms with Gasteiger partial charge in [-0.25, -0.2) is 0 Å². The van der Waals surface area contributed by atoms with Crippen LogP contribution in [-0.4, -0.2) is 72.9 Å². The fraction of sp³-hybridized carbons (Fsp3) is 0.643. The van der Waals surface area contributed by atoms with Gasteiger partial charge in [0.2, 0.25) is 5.79 Å². The third-order valence-electron chi connectivity index (χ3n) is 3.97. The highest BCUT2D eigenvalue weighted by Gasteiger charge is 2.55. The van der Waals surface area contributed by atoms with E-state index < -0.39 is 43.9 Å².